The number of nitro benzene ring substituents is 1. The number of hydrogen-bond donors (Lipinski definition) is 2. The molecule has 1 aliphatic heterocycles. The van der Waals surface area contributed by atoms with Crippen LogP contribution in [0.3, 0.4) is 0 Å². The maximum Gasteiger partial charge on any atom is 0.269 e. The highest BCUT2D eigenvalue weighted by atomic mass is 19.1. The average molecular weight is 436 g/mol. The molecule has 0 amide bonds. The number of nitro groups is 1. The normalized spacial score (nSPS) is 13.8. The number of anilines is 4. The number of halogens is 1. The van der Waals surface area contributed by atoms with Gasteiger partial charge in [-0.2, -0.15) is 20.1 Å². The summed E-state index contributed by atoms with van der Waals surface area (Å²) in [7, 11) is 0. The Labute approximate surface area is 183 Å². The Kier molecular flexibility index (Phi) is 6.44. The highest BCUT2D eigenvalue weighted by molar-refractivity contribution is 5.79. The van der Waals surface area contributed by atoms with Crippen LogP contribution in [0.25, 0.3) is 0 Å². The van der Waals surface area contributed by atoms with Crippen molar-refractivity contribution < 1.29 is 9.31 Å². The lowest BCUT2D eigenvalue weighted by Crippen LogP contribution is -2.31. The number of piperidine rings is 1. The van der Waals surface area contributed by atoms with Crippen molar-refractivity contribution in [2.24, 2.45) is 5.10 Å². The summed E-state index contributed by atoms with van der Waals surface area (Å²) in [4.78, 5) is 25.8. The molecule has 1 aromatic heterocycles. The third-order valence-electron chi connectivity index (χ3n) is 4.82. The maximum absolute atomic E-state index is 13.3. The number of benzene rings is 2. The molecule has 0 atom stereocenters. The molecule has 3 aromatic rings. The molecule has 2 aromatic carbocycles. The quantitative estimate of drug-likeness (QED) is 0.323. The topological polar surface area (TPSA) is 121 Å². The fourth-order valence-electron chi connectivity index (χ4n) is 3.25. The summed E-state index contributed by atoms with van der Waals surface area (Å²) in [6.45, 7) is 1.68. The van der Waals surface area contributed by atoms with Crippen LogP contribution in [0.15, 0.2) is 53.6 Å². The van der Waals surface area contributed by atoms with E-state index in [0.717, 1.165) is 25.9 Å². The van der Waals surface area contributed by atoms with Gasteiger partial charge in [-0.25, -0.2) is 9.82 Å². The standard InChI is InChI=1S/C21H21FN8O2/c22-16-6-4-5-15(13-16)14-23-28-20-25-19(24-17-7-9-18(10-8-17)30(31)32)26-21(27-20)29-11-2-1-3-12-29/h4-10,13-14H,1-3,11-12H2,(H2,24,25,26,27,28)/b23-14+. The Morgan fingerprint density at radius 1 is 1.03 bits per heavy atom. The van der Waals surface area contributed by atoms with Crippen molar-refractivity contribution >= 4 is 35.4 Å². The molecule has 10 nitrogen and oxygen atoms in total. The zero-order valence-electron chi connectivity index (χ0n) is 17.1. The predicted molar refractivity (Wildman–Crippen MR) is 120 cm³/mol. The Balaban J connectivity index is 1.56. The van der Waals surface area contributed by atoms with E-state index < -0.39 is 4.92 Å². The van der Waals surface area contributed by atoms with Crippen LogP contribution in [-0.2, 0) is 0 Å². The third kappa shape index (κ3) is 5.50. The van der Waals surface area contributed by atoms with Gasteiger partial charge in [-0.1, -0.05) is 12.1 Å². The highest BCUT2D eigenvalue weighted by Crippen LogP contribution is 2.22. The van der Waals surface area contributed by atoms with Crippen LogP contribution in [0.1, 0.15) is 24.8 Å². The predicted octanol–water partition coefficient (Wildman–Crippen LogP) is 4.10. The molecule has 1 saturated heterocycles. The van der Waals surface area contributed by atoms with Gasteiger partial charge in [-0.15, -0.1) is 0 Å². The summed E-state index contributed by atoms with van der Waals surface area (Å²) in [6, 6.07) is 12.0. The van der Waals surface area contributed by atoms with E-state index in [9.17, 15) is 14.5 Å². The molecule has 1 fully saturated rings. The molecule has 2 N–H and O–H groups in total. The molecule has 1 aliphatic rings. The van der Waals surface area contributed by atoms with E-state index in [2.05, 4.69) is 35.7 Å². The molecule has 164 valence electrons. The van der Waals surface area contributed by atoms with Crippen molar-refractivity contribution in [3.63, 3.8) is 0 Å². The van der Waals surface area contributed by atoms with Crippen LogP contribution in [0.2, 0.25) is 0 Å². The average Bonchev–Trinajstić information content (AvgIpc) is 2.80. The van der Waals surface area contributed by atoms with Crippen LogP contribution in [-0.4, -0.2) is 39.2 Å². The molecule has 0 spiro atoms. The monoisotopic (exact) mass is 436 g/mol. The zero-order chi connectivity index (χ0) is 22.3. The van der Waals surface area contributed by atoms with Gasteiger partial charge in [0.05, 0.1) is 11.1 Å². The van der Waals surface area contributed by atoms with Crippen LogP contribution < -0.4 is 15.6 Å². The lowest BCUT2D eigenvalue weighted by atomic mass is 10.1. The molecule has 0 saturated carbocycles. The first-order valence-electron chi connectivity index (χ1n) is 10.1. The van der Waals surface area contributed by atoms with Gasteiger partial charge in [-0.3, -0.25) is 10.1 Å². The zero-order valence-corrected chi connectivity index (χ0v) is 17.1. The molecule has 11 heteroatoms. The summed E-state index contributed by atoms with van der Waals surface area (Å²) < 4.78 is 13.3. The summed E-state index contributed by atoms with van der Waals surface area (Å²) in [5.74, 6) is 0.652. The molecular formula is C21H21FN8O2. The SMILES string of the molecule is O=[N+]([O-])c1ccc(Nc2nc(N/N=C/c3cccc(F)c3)nc(N3CCCCC3)n2)cc1. The van der Waals surface area contributed by atoms with E-state index in [1.807, 2.05) is 0 Å². The number of hydrogen-bond acceptors (Lipinski definition) is 9. The van der Waals surface area contributed by atoms with E-state index in [4.69, 9.17) is 0 Å². The number of hydrazone groups is 1. The fourth-order valence-corrected chi connectivity index (χ4v) is 3.25. The fraction of sp³-hybridized carbons (Fsp3) is 0.238. The van der Waals surface area contributed by atoms with Crippen molar-refractivity contribution in [3.8, 4) is 0 Å². The van der Waals surface area contributed by atoms with Crippen molar-refractivity contribution in [1.29, 1.82) is 0 Å². The molecule has 0 aliphatic carbocycles. The van der Waals surface area contributed by atoms with Crippen LogP contribution in [0.5, 0.6) is 0 Å². The third-order valence-corrected chi connectivity index (χ3v) is 4.82. The molecule has 0 radical (unpaired) electrons. The second-order valence-corrected chi connectivity index (χ2v) is 7.18. The van der Waals surface area contributed by atoms with Crippen molar-refractivity contribution in [2.45, 2.75) is 19.3 Å². The summed E-state index contributed by atoms with van der Waals surface area (Å²) in [6.07, 6.45) is 4.74. The van der Waals surface area contributed by atoms with E-state index in [1.165, 1.54) is 36.9 Å². The van der Waals surface area contributed by atoms with Crippen molar-refractivity contribution in [1.82, 2.24) is 15.0 Å². The van der Waals surface area contributed by atoms with Crippen LogP contribution in [0, 0.1) is 15.9 Å². The van der Waals surface area contributed by atoms with Gasteiger partial charge in [0.2, 0.25) is 17.8 Å². The van der Waals surface area contributed by atoms with Gasteiger partial charge in [-0.05, 0) is 49.1 Å². The Hall–Kier alpha value is -4.15. The number of rotatable bonds is 7. The molecule has 0 bridgehead atoms. The highest BCUT2D eigenvalue weighted by Gasteiger charge is 2.16. The minimum atomic E-state index is -0.459. The molecule has 2 heterocycles. The second-order valence-electron chi connectivity index (χ2n) is 7.18. The van der Waals surface area contributed by atoms with Crippen molar-refractivity contribution in [2.75, 3.05) is 28.7 Å². The lowest BCUT2D eigenvalue weighted by Gasteiger charge is -2.26. The number of aromatic nitrogens is 3. The maximum atomic E-state index is 13.3. The molecular weight excluding hydrogens is 415 g/mol. The number of nitrogens with zero attached hydrogens (tertiary/aromatic N) is 6. The molecule has 4 rings (SSSR count). The molecule has 0 unspecified atom stereocenters. The Bertz CT molecular complexity index is 1120. The van der Waals surface area contributed by atoms with Gasteiger partial charge in [0.1, 0.15) is 5.82 Å². The van der Waals surface area contributed by atoms with E-state index in [0.29, 0.717) is 17.2 Å². The first-order valence-corrected chi connectivity index (χ1v) is 10.1. The lowest BCUT2D eigenvalue weighted by molar-refractivity contribution is -0.384. The van der Waals surface area contributed by atoms with E-state index in [-0.39, 0.29) is 23.4 Å². The van der Waals surface area contributed by atoms with Crippen LogP contribution in [0.4, 0.5) is 33.6 Å². The summed E-state index contributed by atoms with van der Waals surface area (Å²) in [5, 5.41) is 18.0. The Morgan fingerprint density at radius 2 is 1.78 bits per heavy atom. The largest absolute Gasteiger partial charge is 0.341 e. The van der Waals surface area contributed by atoms with Crippen LogP contribution >= 0.6 is 0 Å². The smallest absolute Gasteiger partial charge is 0.269 e. The van der Waals surface area contributed by atoms with Gasteiger partial charge in [0.25, 0.3) is 5.69 Å². The van der Waals surface area contributed by atoms with Gasteiger partial charge in [0, 0.05) is 30.9 Å². The minimum Gasteiger partial charge on any atom is -0.341 e. The van der Waals surface area contributed by atoms with Crippen molar-refractivity contribution in [3.05, 3.63) is 70.0 Å². The van der Waals surface area contributed by atoms with Gasteiger partial charge < -0.3 is 10.2 Å². The van der Waals surface area contributed by atoms with E-state index in [1.54, 1.807) is 24.3 Å². The van der Waals surface area contributed by atoms with Gasteiger partial charge in [0.15, 0.2) is 0 Å². The Morgan fingerprint density at radius 3 is 2.50 bits per heavy atom. The first-order chi connectivity index (χ1) is 15.6. The first kappa shape index (κ1) is 21.1. The number of non-ortho nitro benzene ring substituents is 1. The number of nitrogens with one attached hydrogen (secondary N) is 2. The van der Waals surface area contributed by atoms with E-state index >= 15 is 0 Å². The summed E-state index contributed by atoms with van der Waals surface area (Å²) in [5.41, 5.74) is 3.95. The minimum absolute atomic E-state index is 0.00533. The van der Waals surface area contributed by atoms with Gasteiger partial charge >= 0.3 is 0 Å². The molecule has 32 heavy (non-hydrogen) atoms. The summed E-state index contributed by atoms with van der Waals surface area (Å²) >= 11 is 0. The second kappa shape index (κ2) is 9.77.